The van der Waals surface area contributed by atoms with Gasteiger partial charge in [0.25, 0.3) is 0 Å². The lowest BCUT2D eigenvalue weighted by molar-refractivity contribution is 0.270. The summed E-state index contributed by atoms with van der Waals surface area (Å²) in [4.78, 5) is 6.67. The lowest BCUT2D eigenvalue weighted by Crippen LogP contribution is -2.34. The minimum atomic E-state index is 0.330. The van der Waals surface area contributed by atoms with Crippen LogP contribution in [-0.4, -0.2) is 36.1 Å². The van der Waals surface area contributed by atoms with Crippen molar-refractivity contribution in [3.63, 3.8) is 0 Å². The first-order valence-electron chi connectivity index (χ1n) is 5.55. The van der Waals surface area contributed by atoms with Crippen molar-refractivity contribution in [1.29, 1.82) is 0 Å². The monoisotopic (exact) mass is 305 g/mol. The highest BCUT2D eigenvalue weighted by Gasteiger charge is 2.09. The van der Waals surface area contributed by atoms with Crippen LogP contribution in [0.25, 0.3) is 0 Å². The maximum Gasteiger partial charge on any atom is 0.110 e. The van der Waals surface area contributed by atoms with Crippen LogP contribution in [0, 0.1) is 0 Å². The third-order valence-electron chi connectivity index (χ3n) is 2.66. The molecule has 1 aromatic heterocycles. The van der Waals surface area contributed by atoms with Crippen molar-refractivity contribution < 1.29 is 0 Å². The average molecular weight is 306 g/mol. The zero-order chi connectivity index (χ0) is 12.1. The van der Waals surface area contributed by atoms with Crippen LogP contribution in [0.4, 0.5) is 0 Å². The highest BCUT2D eigenvalue weighted by atomic mass is 79.9. The van der Waals surface area contributed by atoms with E-state index < -0.39 is 0 Å². The second-order valence-corrected chi connectivity index (χ2v) is 6.69. The van der Waals surface area contributed by atoms with Crippen LogP contribution in [0.3, 0.4) is 0 Å². The van der Waals surface area contributed by atoms with E-state index in [0.29, 0.717) is 12.1 Å². The summed E-state index contributed by atoms with van der Waals surface area (Å²) in [5.74, 6) is 0. The number of likely N-dealkylation sites (N-methyl/N-ethyl adjacent to an activating group) is 1. The summed E-state index contributed by atoms with van der Waals surface area (Å²) in [5, 5.41) is 4.62. The molecule has 1 N–H and O–H groups in total. The van der Waals surface area contributed by atoms with Crippen LogP contribution in [0.5, 0.6) is 0 Å². The highest BCUT2D eigenvalue weighted by molar-refractivity contribution is 9.11. The molecular weight excluding hydrogens is 286 g/mol. The fraction of sp³-hybridized carbons (Fsp3) is 0.727. The fourth-order valence-corrected chi connectivity index (χ4v) is 2.54. The maximum absolute atomic E-state index is 4.34. The smallest absolute Gasteiger partial charge is 0.110 e. The van der Waals surface area contributed by atoms with Gasteiger partial charge in [0.15, 0.2) is 0 Å². The van der Waals surface area contributed by atoms with E-state index in [4.69, 9.17) is 0 Å². The van der Waals surface area contributed by atoms with Crippen molar-refractivity contribution in [1.82, 2.24) is 15.2 Å². The summed E-state index contributed by atoms with van der Waals surface area (Å²) in [6.45, 7) is 8.63. The van der Waals surface area contributed by atoms with Gasteiger partial charge >= 0.3 is 0 Å². The molecule has 0 amide bonds. The van der Waals surface area contributed by atoms with Gasteiger partial charge < -0.3 is 10.2 Å². The summed E-state index contributed by atoms with van der Waals surface area (Å²) < 4.78 is 1.09. The van der Waals surface area contributed by atoms with E-state index in [2.05, 4.69) is 58.9 Å². The molecule has 0 aliphatic rings. The predicted octanol–water partition coefficient (Wildman–Crippen LogP) is 2.90. The highest BCUT2D eigenvalue weighted by Crippen LogP contribution is 2.23. The molecule has 5 heteroatoms. The SMILES string of the molecule is CC(NCCN(C)C(C)C)c1ncc(Br)s1. The van der Waals surface area contributed by atoms with Gasteiger partial charge in [0.05, 0.1) is 16.0 Å². The first kappa shape index (κ1) is 14.1. The summed E-state index contributed by atoms with van der Waals surface area (Å²) >= 11 is 5.12. The molecule has 0 aromatic carbocycles. The molecule has 1 unspecified atom stereocenters. The molecule has 0 spiro atoms. The predicted molar refractivity (Wildman–Crippen MR) is 74.0 cm³/mol. The molecule has 0 saturated heterocycles. The maximum atomic E-state index is 4.34. The Morgan fingerprint density at radius 3 is 2.69 bits per heavy atom. The van der Waals surface area contributed by atoms with E-state index in [1.807, 2.05) is 6.20 Å². The third-order valence-corrected chi connectivity index (χ3v) is 4.32. The molecule has 0 radical (unpaired) electrons. The van der Waals surface area contributed by atoms with Crippen LogP contribution in [-0.2, 0) is 0 Å². The number of nitrogens with zero attached hydrogens (tertiary/aromatic N) is 2. The number of hydrogen-bond acceptors (Lipinski definition) is 4. The quantitative estimate of drug-likeness (QED) is 0.876. The first-order chi connectivity index (χ1) is 7.50. The molecule has 0 bridgehead atoms. The summed E-state index contributed by atoms with van der Waals surface area (Å²) in [5.41, 5.74) is 0. The van der Waals surface area contributed by atoms with Gasteiger partial charge in [0.2, 0.25) is 0 Å². The van der Waals surface area contributed by atoms with Gasteiger partial charge in [-0.1, -0.05) is 0 Å². The van der Waals surface area contributed by atoms with Crippen LogP contribution < -0.4 is 5.32 Å². The van der Waals surface area contributed by atoms with E-state index in [9.17, 15) is 0 Å². The molecule has 1 heterocycles. The zero-order valence-electron chi connectivity index (χ0n) is 10.3. The van der Waals surface area contributed by atoms with Crippen molar-refractivity contribution in [2.45, 2.75) is 32.9 Å². The van der Waals surface area contributed by atoms with Crippen LogP contribution in [0.15, 0.2) is 9.98 Å². The minimum absolute atomic E-state index is 0.330. The molecule has 16 heavy (non-hydrogen) atoms. The molecule has 1 rings (SSSR count). The van der Waals surface area contributed by atoms with Gasteiger partial charge in [-0.05, 0) is 43.7 Å². The Hall–Kier alpha value is 0.0300. The second-order valence-electron chi connectivity index (χ2n) is 4.25. The van der Waals surface area contributed by atoms with Crippen LogP contribution in [0.2, 0.25) is 0 Å². The van der Waals surface area contributed by atoms with Gasteiger partial charge in [-0.25, -0.2) is 4.98 Å². The largest absolute Gasteiger partial charge is 0.307 e. The number of nitrogens with one attached hydrogen (secondary N) is 1. The normalized spacial score (nSPS) is 13.7. The lowest BCUT2D eigenvalue weighted by Gasteiger charge is -2.22. The summed E-state index contributed by atoms with van der Waals surface area (Å²) in [6.07, 6.45) is 1.86. The van der Waals surface area contributed by atoms with Crippen LogP contribution in [0.1, 0.15) is 31.8 Å². The van der Waals surface area contributed by atoms with Crippen molar-refractivity contribution in [2.24, 2.45) is 0 Å². The summed E-state index contributed by atoms with van der Waals surface area (Å²) in [7, 11) is 2.15. The molecule has 0 aliphatic carbocycles. The molecular formula is C11H20BrN3S. The Morgan fingerprint density at radius 2 is 2.19 bits per heavy atom. The van der Waals surface area contributed by atoms with Gasteiger partial charge in [-0.2, -0.15) is 0 Å². The van der Waals surface area contributed by atoms with Crippen molar-refractivity contribution >= 4 is 27.3 Å². The number of thiazole rings is 1. The number of rotatable bonds is 6. The molecule has 1 atom stereocenters. The van der Waals surface area contributed by atoms with E-state index in [0.717, 1.165) is 21.9 Å². The second kappa shape index (κ2) is 6.69. The van der Waals surface area contributed by atoms with Gasteiger partial charge in [0.1, 0.15) is 5.01 Å². The molecule has 0 fully saturated rings. The van der Waals surface area contributed by atoms with E-state index >= 15 is 0 Å². The Labute approximate surface area is 110 Å². The Kier molecular flexibility index (Phi) is 5.89. The average Bonchev–Trinajstić information content (AvgIpc) is 2.64. The minimum Gasteiger partial charge on any atom is -0.307 e. The fourth-order valence-electron chi connectivity index (χ4n) is 1.27. The third kappa shape index (κ3) is 4.49. The Morgan fingerprint density at radius 1 is 1.50 bits per heavy atom. The molecule has 1 aromatic rings. The standard InChI is InChI=1S/C11H20BrN3S/c1-8(2)15(4)6-5-13-9(3)11-14-7-10(12)16-11/h7-9,13H,5-6H2,1-4H3. The molecule has 0 aliphatic heterocycles. The topological polar surface area (TPSA) is 28.2 Å². The number of aromatic nitrogens is 1. The summed E-state index contributed by atoms with van der Waals surface area (Å²) in [6, 6.07) is 0.933. The van der Waals surface area contributed by atoms with Gasteiger partial charge in [-0.15, -0.1) is 11.3 Å². The van der Waals surface area contributed by atoms with Crippen molar-refractivity contribution in [2.75, 3.05) is 20.1 Å². The first-order valence-corrected chi connectivity index (χ1v) is 7.16. The Balaban J connectivity index is 2.28. The molecule has 0 saturated carbocycles. The van der Waals surface area contributed by atoms with E-state index in [-0.39, 0.29) is 0 Å². The van der Waals surface area contributed by atoms with Crippen molar-refractivity contribution in [3.05, 3.63) is 15.0 Å². The van der Waals surface area contributed by atoms with E-state index in [1.54, 1.807) is 11.3 Å². The van der Waals surface area contributed by atoms with Gasteiger partial charge in [0, 0.05) is 19.1 Å². The number of hydrogen-bond donors (Lipinski definition) is 1. The van der Waals surface area contributed by atoms with Crippen molar-refractivity contribution in [3.8, 4) is 0 Å². The lowest BCUT2D eigenvalue weighted by atomic mass is 10.3. The molecule has 3 nitrogen and oxygen atoms in total. The number of halogens is 1. The van der Waals surface area contributed by atoms with Crippen LogP contribution >= 0.6 is 27.3 Å². The molecule has 92 valence electrons. The zero-order valence-corrected chi connectivity index (χ0v) is 12.7. The van der Waals surface area contributed by atoms with E-state index in [1.165, 1.54) is 0 Å². The van der Waals surface area contributed by atoms with Gasteiger partial charge in [-0.3, -0.25) is 0 Å². The Bertz CT molecular complexity index is 314.